The van der Waals surface area contributed by atoms with Crippen molar-refractivity contribution in [2.24, 2.45) is 0 Å². The van der Waals surface area contributed by atoms with Crippen molar-refractivity contribution in [1.82, 2.24) is 15.0 Å². The molecule has 7 heteroatoms. The molecule has 0 saturated carbocycles. The van der Waals surface area contributed by atoms with Gasteiger partial charge in [-0.15, -0.1) is 11.3 Å². The van der Waals surface area contributed by atoms with E-state index in [9.17, 15) is 0 Å². The number of hydrogen-bond acceptors (Lipinski definition) is 7. The largest absolute Gasteiger partial charge is 0.473 e. The van der Waals surface area contributed by atoms with Gasteiger partial charge in [0, 0.05) is 12.8 Å². The Kier molecular flexibility index (Phi) is 3.62. The van der Waals surface area contributed by atoms with Crippen LogP contribution in [0.3, 0.4) is 0 Å². The Morgan fingerprint density at radius 2 is 2.22 bits per heavy atom. The minimum atomic E-state index is 0.191. The van der Waals surface area contributed by atoms with Crippen LogP contribution in [0, 0.1) is 0 Å². The van der Waals surface area contributed by atoms with E-state index in [0.29, 0.717) is 5.88 Å². The number of nitrogens with zero attached hydrogens (tertiary/aromatic N) is 3. The number of hydrogen-bond donors (Lipinski definition) is 0. The van der Waals surface area contributed by atoms with Gasteiger partial charge in [-0.2, -0.15) is 0 Å². The van der Waals surface area contributed by atoms with Crippen LogP contribution in [0.5, 0.6) is 5.88 Å². The van der Waals surface area contributed by atoms with E-state index in [1.165, 1.54) is 6.33 Å². The van der Waals surface area contributed by atoms with E-state index in [1.807, 2.05) is 6.26 Å². The predicted octanol–water partition coefficient (Wildman–Crippen LogP) is 2.37. The zero-order valence-electron chi connectivity index (χ0n) is 9.96. The maximum absolute atomic E-state index is 5.96. The third-order valence-electron chi connectivity index (χ3n) is 2.76. The zero-order valence-corrected chi connectivity index (χ0v) is 11.6. The molecule has 1 aliphatic rings. The van der Waals surface area contributed by atoms with Crippen molar-refractivity contribution in [3.63, 3.8) is 0 Å². The lowest BCUT2D eigenvalue weighted by molar-refractivity contribution is 0.0244. The van der Waals surface area contributed by atoms with Crippen LogP contribution in [0.1, 0.15) is 12.8 Å². The van der Waals surface area contributed by atoms with Gasteiger partial charge in [0.1, 0.15) is 17.1 Å². The van der Waals surface area contributed by atoms with Gasteiger partial charge >= 0.3 is 0 Å². The lowest BCUT2D eigenvalue weighted by Crippen LogP contribution is -2.26. The highest BCUT2D eigenvalue weighted by Crippen LogP contribution is 2.33. The Morgan fingerprint density at radius 1 is 1.39 bits per heavy atom. The van der Waals surface area contributed by atoms with Crippen molar-refractivity contribution in [3.05, 3.63) is 6.33 Å². The van der Waals surface area contributed by atoms with Crippen LogP contribution in [0.4, 0.5) is 0 Å². The Morgan fingerprint density at radius 3 is 3.00 bits per heavy atom. The summed E-state index contributed by atoms with van der Waals surface area (Å²) in [5.41, 5.74) is 0.724. The van der Waals surface area contributed by atoms with Crippen LogP contribution >= 0.6 is 23.1 Å². The summed E-state index contributed by atoms with van der Waals surface area (Å²) in [7, 11) is 0. The monoisotopic (exact) mass is 283 g/mol. The minimum Gasteiger partial charge on any atom is -0.473 e. The number of rotatable bonds is 3. The topological polar surface area (TPSA) is 57.1 Å². The molecule has 1 aliphatic heterocycles. The van der Waals surface area contributed by atoms with Gasteiger partial charge in [-0.25, -0.2) is 15.0 Å². The molecular weight excluding hydrogens is 270 g/mol. The molecule has 2 aromatic heterocycles. The van der Waals surface area contributed by atoms with E-state index >= 15 is 0 Å². The summed E-state index contributed by atoms with van der Waals surface area (Å²) in [4.78, 5) is 12.8. The summed E-state index contributed by atoms with van der Waals surface area (Å²) in [6, 6.07) is 0. The van der Waals surface area contributed by atoms with Crippen molar-refractivity contribution < 1.29 is 9.47 Å². The second-order valence-electron chi connectivity index (χ2n) is 3.95. The lowest BCUT2D eigenvalue weighted by Gasteiger charge is -2.22. The predicted molar refractivity (Wildman–Crippen MR) is 71.5 cm³/mol. The fourth-order valence-corrected chi connectivity index (χ4v) is 3.28. The molecule has 5 nitrogen and oxygen atoms in total. The van der Waals surface area contributed by atoms with Gasteiger partial charge in [-0.3, -0.25) is 0 Å². The first-order valence-electron chi connectivity index (χ1n) is 5.77. The van der Waals surface area contributed by atoms with Crippen LogP contribution in [0.2, 0.25) is 0 Å². The van der Waals surface area contributed by atoms with Crippen LogP contribution in [-0.2, 0) is 4.74 Å². The van der Waals surface area contributed by atoms with Gasteiger partial charge in [0.25, 0.3) is 0 Å². The van der Waals surface area contributed by atoms with E-state index < -0.39 is 0 Å². The fraction of sp³-hybridized carbons (Fsp3) is 0.545. The van der Waals surface area contributed by atoms with Crippen LogP contribution in [-0.4, -0.2) is 40.5 Å². The molecule has 0 atom stereocenters. The van der Waals surface area contributed by atoms with Crippen molar-refractivity contribution in [2.45, 2.75) is 23.3 Å². The first-order valence-corrected chi connectivity index (χ1v) is 7.81. The molecule has 0 spiro atoms. The van der Waals surface area contributed by atoms with Gasteiger partial charge in [0.05, 0.1) is 13.2 Å². The standard InChI is InChI=1S/C11H13N3O2S2/c1-17-11-14-9-8(18-11)10(13-6-12-9)16-7-2-4-15-5-3-7/h6-7H,2-5H2,1H3. The smallest absolute Gasteiger partial charge is 0.236 e. The average molecular weight is 283 g/mol. The van der Waals surface area contributed by atoms with Gasteiger partial charge in [-0.1, -0.05) is 11.8 Å². The Bertz CT molecular complexity index is 540. The van der Waals surface area contributed by atoms with Crippen LogP contribution in [0.25, 0.3) is 10.3 Å². The lowest BCUT2D eigenvalue weighted by atomic mass is 10.2. The first kappa shape index (κ1) is 12.1. The maximum atomic E-state index is 5.96. The summed E-state index contributed by atoms with van der Waals surface area (Å²) < 4.78 is 13.2. The Hall–Kier alpha value is -0.920. The zero-order chi connectivity index (χ0) is 12.4. The van der Waals surface area contributed by atoms with E-state index in [2.05, 4.69) is 15.0 Å². The summed E-state index contributed by atoms with van der Waals surface area (Å²) in [6.07, 6.45) is 5.54. The highest BCUT2D eigenvalue weighted by molar-refractivity contribution is 8.00. The summed E-state index contributed by atoms with van der Waals surface area (Å²) in [5.74, 6) is 0.657. The quantitative estimate of drug-likeness (QED) is 0.806. The number of aromatic nitrogens is 3. The number of thiazole rings is 1. The maximum Gasteiger partial charge on any atom is 0.236 e. The molecule has 3 rings (SSSR count). The van der Waals surface area contributed by atoms with E-state index in [0.717, 1.165) is 40.7 Å². The minimum absolute atomic E-state index is 0.191. The van der Waals surface area contributed by atoms with Crippen molar-refractivity contribution >= 4 is 33.4 Å². The third kappa shape index (κ3) is 2.43. The first-order chi connectivity index (χ1) is 8.86. The van der Waals surface area contributed by atoms with E-state index in [4.69, 9.17) is 9.47 Å². The SMILES string of the molecule is CSc1nc2ncnc(OC3CCOCC3)c2s1. The van der Waals surface area contributed by atoms with Crippen LogP contribution < -0.4 is 4.74 Å². The number of fused-ring (bicyclic) bond motifs is 1. The van der Waals surface area contributed by atoms with Gasteiger partial charge in [0.15, 0.2) is 9.99 Å². The molecule has 3 heterocycles. The normalized spacial score (nSPS) is 17.2. The van der Waals surface area contributed by atoms with Crippen molar-refractivity contribution in [1.29, 1.82) is 0 Å². The Balaban J connectivity index is 1.88. The number of ether oxygens (including phenoxy) is 2. The van der Waals surface area contributed by atoms with Crippen LogP contribution in [0.15, 0.2) is 10.7 Å². The molecule has 0 amide bonds. The van der Waals surface area contributed by atoms with Crippen molar-refractivity contribution in [3.8, 4) is 5.88 Å². The van der Waals surface area contributed by atoms with E-state index in [1.54, 1.807) is 23.1 Å². The van der Waals surface area contributed by atoms with Gasteiger partial charge in [0.2, 0.25) is 5.88 Å². The van der Waals surface area contributed by atoms with E-state index in [-0.39, 0.29) is 6.10 Å². The molecule has 0 radical (unpaired) electrons. The molecule has 1 saturated heterocycles. The summed E-state index contributed by atoms with van der Waals surface area (Å²) in [5, 5.41) is 0. The van der Waals surface area contributed by atoms with Gasteiger partial charge in [-0.05, 0) is 6.26 Å². The van der Waals surface area contributed by atoms with Gasteiger partial charge < -0.3 is 9.47 Å². The molecule has 1 fully saturated rings. The second kappa shape index (κ2) is 5.38. The summed E-state index contributed by atoms with van der Waals surface area (Å²) >= 11 is 3.20. The molecule has 18 heavy (non-hydrogen) atoms. The molecule has 0 N–H and O–H groups in total. The number of thioether (sulfide) groups is 1. The fourth-order valence-electron chi connectivity index (χ4n) is 1.84. The average Bonchev–Trinajstić information content (AvgIpc) is 2.84. The molecule has 0 aliphatic carbocycles. The second-order valence-corrected chi connectivity index (χ2v) is 6.00. The Labute approximate surface area is 113 Å². The molecule has 0 aromatic carbocycles. The molecule has 2 aromatic rings. The molecule has 96 valence electrons. The third-order valence-corrected chi connectivity index (χ3v) is 4.78. The molecular formula is C11H13N3O2S2. The highest BCUT2D eigenvalue weighted by Gasteiger charge is 2.19. The van der Waals surface area contributed by atoms with Crippen molar-refractivity contribution in [2.75, 3.05) is 19.5 Å². The molecule has 0 unspecified atom stereocenters. The molecule has 0 bridgehead atoms. The highest BCUT2D eigenvalue weighted by atomic mass is 32.2. The summed E-state index contributed by atoms with van der Waals surface area (Å²) in [6.45, 7) is 1.52.